The van der Waals surface area contributed by atoms with Crippen LogP contribution in [0.4, 0.5) is 4.79 Å². The minimum absolute atomic E-state index is 0.157. The van der Waals surface area contributed by atoms with Gasteiger partial charge in [-0.1, -0.05) is 20.8 Å². The minimum Gasteiger partial charge on any atom is -0.460 e. The summed E-state index contributed by atoms with van der Waals surface area (Å²) in [7, 11) is -3.91. The van der Waals surface area contributed by atoms with E-state index in [2.05, 4.69) is 5.32 Å². The summed E-state index contributed by atoms with van der Waals surface area (Å²) in [4.78, 5) is 34.5. The predicted molar refractivity (Wildman–Crippen MR) is 111 cm³/mol. The smallest absolute Gasteiger partial charge is 0.460 e. The Labute approximate surface area is 183 Å². The van der Waals surface area contributed by atoms with E-state index in [1.54, 1.807) is 20.8 Å². The fourth-order valence-corrected chi connectivity index (χ4v) is 3.16. The van der Waals surface area contributed by atoms with Gasteiger partial charge in [-0.2, -0.15) is 8.42 Å². The molecule has 0 spiro atoms. The molecule has 2 N–H and O–H groups in total. The highest BCUT2D eigenvalue weighted by molar-refractivity contribution is 7.86. The van der Waals surface area contributed by atoms with Gasteiger partial charge in [-0.3, -0.25) is 8.98 Å². The topological polar surface area (TPSA) is 155 Å². The fourth-order valence-electron chi connectivity index (χ4n) is 2.06. The number of hydrogen-bond acceptors (Lipinski definition) is 10. The van der Waals surface area contributed by atoms with Crippen LogP contribution in [0.1, 0.15) is 54.4 Å². The fraction of sp³-hybridized carbons (Fsp3) is 0.842. The molecule has 0 fully saturated rings. The molecule has 182 valence electrons. The molecule has 31 heavy (non-hydrogen) atoms. The van der Waals surface area contributed by atoms with Crippen LogP contribution < -0.4 is 5.32 Å². The van der Waals surface area contributed by atoms with E-state index in [0.29, 0.717) is 6.42 Å². The van der Waals surface area contributed by atoms with Gasteiger partial charge in [0.2, 0.25) is 5.91 Å². The Morgan fingerprint density at radius 2 is 1.74 bits per heavy atom. The van der Waals surface area contributed by atoms with Gasteiger partial charge in [0.15, 0.2) is 6.10 Å². The molecule has 0 radical (unpaired) electrons. The highest BCUT2D eigenvalue weighted by Crippen LogP contribution is 2.23. The lowest BCUT2D eigenvalue weighted by Gasteiger charge is -2.28. The molecular formula is C19H35NO10S. The Hall–Kier alpha value is -1.92. The lowest BCUT2D eigenvalue weighted by molar-refractivity contribution is -0.165. The van der Waals surface area contributed by atoms with E-state index >= 15 is 0 Å². The molecule has 2 atom stereocenters. The van der Waals surface area contributed by atoms with Crippen LogP contribution in [-0.2, 0) is 38.1 Å². The summed E-state index contributed by atoms with van der Waals surface area (Å²) in [5.41, 5.74) is -1.28. The number of esters is 1. The maximum Gasteiger partial charge on any atom is 0.508 e. The van der Waals surface area contributed by atoms with Crippen LogP contribution in [-0.4, -0.2) is 75.4 Å². The van der Waals surface area contributed by atoms with Gasteiger partial charge in [-0.15, -0.1) is 0 Å². The number of carbonyl (C=O) groups excluding carboxylic acids is 3. The molecule has 0 aromatic carbocycles. The number of hydrogen-bond donors (Lipinski definition) is 2. The molecule has 12 heteroatoms. The SMILES string of the molecule is CC[C@H](COC(=O)C(O)C(C)(C)COS(=O)(=O)CCCNC(C)=O)OC(=O)OC(C)C. The van der Waals surface area contributed by atoms with Crippen molar-refractivity contribution in [2.75, 3.05) is 25.5 Å². The minimum atomic E-state index is -3.91. The Morgan fingerprint density at radius 1 is 1.13 bits per heavy atom. The van der Waals surface area contributed by atoms with Gasteiger partial charge in [0.1, 0.15) is 12.7 Å². The van der Waals surface area contributed by atoms with Crippen LogP contribution in [0.2, 0.25) is 0 Å². The summed E-state index contributed by atoms with van der Waals surface area (Å²) in [6.45, 7) is 8.67. The lowest BCUT2D eigenvalue weighted by atomic mass is 9.88. The summed E-state index contributed by atoms with van der Waals surface area (Å²) < 4.78 is 43.7. The summed E-state index contributed by atoms with van der Waals surface area (Å²) in [5.74, 6) is -1.60. The van der Waals surface area contributed by atoms with Crippen molar-refractivity contribution in [2.45, 2.75) is 72.7 Å². The Balaban J connectivity index is 4.59. The summed E-state index contributed by atoms with van der Waals surface area (Å²) in [5, 5.41) is 12.7. The molecule has 0 aliphatic rings. The summed E-state index contributed by atoms with van der Waals surface area (Å²) >= 11 is 0. The average Bonchev–Trinajstić information content (AvgIpc) is 2.65. The Morgan fingerprint density at radius 3 is 2.26 bits per heavy atom. The summed E-state index contributed by atoms with van der Waals surface area (Å²) in [6.07, 6.45) is -3.19. The lowest BCUT2D eigenvalue weighted by Crippen LogP contribution is -2.42. The molecular weight excluding hydrogens is 434 g/mol. The van der Waals surface area contributed by atoms with Gasteiger partial charge < -0.3 is 24.6 Å². The molecule has 0 bridgehead atoms. The number of nitrogens with one attached hydrogen (secondary N) is 1. The van der Waals surface area contributed by atoms with E-state index in [0.717, 1.165) is 0 Å². The third kappa shape index (κ3) is 13.2. The molecule has 0 heterocycles. The van der Waals surface area contributed by atoms with E-state index in [9.17, 15) is 27.9 Å². The molecule has 0 saturated carbocycles. The normalized spacial score (nSPS) is 13.9. The second-order valence-electron chi connectivity index (χ2n) is 7.95. The van der Waals surface area contributed by atoms with Crippen molar-refractivity contribution in [3.8, 4) is 0 Å². The first kappa shape index (κ1) is 29.1. The van der Waals surface area contributed by atoms with Gasteiger partial charge >= 0.3 is 12.1 Å². The van der Waals surface area contributed by atoms with Crippen LogP contribution in [0, 0.1) is 5.41 Å². The highest BCUT2D eigenvalue weighted by atomic mass is 32.2. The van der Waals surface area contributed by atoms with Crippen LogP contribution in [0.3, 0.4) is 0 Å². The zero-order valence-corrected chi connectivity index (χ0v) is 19.8. The average molecular weight is 470 g/mol. The van der Waals surface area contributed by atoms with Gasteiger partial charge in [-0.05, 0) is 26.7 Å². The Kier molecular flexibility index (Phi) is 12.6. The molecule has 0 aliphatic heterocycles. The quantitative estimate of drug-likeness (QED) is 0.215. The monoisotopic (exact) mass is 469 g/mol. The Bertz CT molecular complexity index is 690. The third-order valence-electron chi connectivity index (χ3n) is 3.98. The van der Waals surface area contributed by atoms with Crippen LogP contribution >= 0.6 is 0 Å². The first-order valence-corrected chi connectivity index (χ1v) is 11.6. The van der Waals surface area contributed by atoms with E-state index in [1.807, 2.05) is 0 Å². The highest BCUT2D eigenvalue weighted by Gasteiger charge is 2.37. The predicted octanol–water partition coefficient (Wildman–Crippen LogP) is 1.13. The number of aliphatic hydroxyl groups is 1. The maximum absolute atomic E-state index is 12.2. The standard InChI is InChI=1S/C19H35NO10S/c1-7-15(30-18(24)29-13(2)3)11-27-17(23)16(22)19(5,6)12-28-31(25,26)10-8-9-20-14(4)21/h13,15-16,22H,7-12H2,1-6H3,(H,20,21)/t15-,16?/m1/s1. The van der Waals surface area contributed by atoms with Gasteiger partial charge in [0.05, 0.1) is 18.5 Å². The molecule has 0 aromatic rings. The largest absolute Gasteiger partial charge is 0.508 e. The van der Waals surface area contributed by atoms with E-state index < -0.39 is 46.5 Å². The molecule has 1 unspecified atom stereocenters. The molecule has 0 saturated heterocycles. The van der Waals surface area contributed by atoms with Crippen LogP contribution in [0.25, 0.3) is 0 Å². The van der Waals surface area contributed by atoms with Crippen molar-refractivity contribution in [3.63, 3.8) is 0 Å². The van der Waals surface area contributed by atoms with Crippen molar-refractivity contribution in [3.05, 3.63) is 0 Å². The second-order valence-corrected chi connectivity index (χ2v) is 9.71. The molecule has 11 nitrogen and oxygen atoms in total. The molecule has 0 rings (SSSR count). The molecule has 1 amide bonds. The van der Waals surface area contributed by atoms with Crippen molar-refractivity contribution in [2.24, 2.45) is 5.41 Å². The first-order valence-electron chi connectivity index (χ1n) is 10.0. The van der Waals surface area contributed by atoms with Gasteiger partial charge in [-0.25, -0.2) is 9.59 Å². The van der Waals surface area contributed by atoms with Crippen molar-refractivity contribution >= 4 is 28.1 Å². The zero-order chi connectivity index (χ0) is 24.2. The van der Waals surface area contributed by atoms with Gasteiger partial charge in [0, 0.05) is 18.9 Å². The third-order valence-corrected chi connectivity index (χ3v) is 5.25. The number of ether oxygens (including phenoxy) is 3. The maximum atomic E-state index is 12.2. The summed E-state index contributed by atoms with van der Waals surface area (Å²) in [6, 6.07) is 0. The molecule has 0 aliphatic carbocycles. The van der Waals surface area contributed by atoms with Crippen molar-refractivity contribution in [1.82, 2.24) is 5.32 Å². The number of carbonyl (C=O) groups is 3. The van der Waals surface area contributed by atoms with Crippen molar-refractivity contribution < 1.29 is 46.3 Å². The van der Waals surface area contributed by atoms with E-state index in [4.69, 9.17) is 18.4 Å². The number of amides is 1. The number of rotatable bonds is 14. The van der Waals surface area contributed by atoms with Gasteiger partial charge in [0.25, 0.3) is 10.1 Å². The zero-order valence-electron chi connectivity index (χ0n) is 19.0. The van der Waals surface area contributed by atoms with E-state index in [1.165, 1.54) is 20.8 Å². The van der Waals surface area contributed by atoms with E-state index in [-0.39, 0.29) is 37.3 Å². The first-order chi connectivity index (χ1) is 14.2. The van der Waals surface area contributed by atoms with Crippen molar-refractivity contribution in [1.29, 1.82) is 0 Å². The number of aliphatic hydroxyl groups excluding tert-OH is 1. The molecule has 0 aromatic heterocycles. The van der Waals surface area contributed by atoms with Crippen LogP contribution in [0.5, 0.6) is 0 Å². The second kappa shape index (κ2) is 13.5. The van der Waals surface area contributed by atoms with Crippen LogP contribution in [0.15, 0.2) is 0 Å².